The zero-order chi connectivity index (χ0) is 14.3. The summed E-state index contributed by atoms with van der Waals surface area (Å²) in [5.74, 6) is 1.01. The summed E-state index contributed by atoms with van der Waals surface area (Å²) in [6.07, 6.45) is 2.39. The molecule has 0 bridgehead atoms. The van der Waals surface area contributed by atoms with Crippen molar-refractivity contribution in [2.24, 2.45) is 5.92 Å². The fourth-order valence-electron chi connectivity index (χ4n) is 2.75. The summed E-state index contributed by atoms with van der Waals surface area (Å²) in [7, 11) is 0. The van der Waals surface area contributed by atoms with Gasteiger partial charge in [0.25, 0.3) is 0 Å². The van der Waals surface area contributed by atoms with Gasteiger partial charge in [-0.25, -0.2) is 0 Å². The molecule has 1 saturated heterocycles. The second kappa shape index (κ2) is 8.54. The second-order valence-electron chi connectivity index (χ2n) is 5.52. The minimum atomic E-state index is 0.0173. The highest BCUT2D eigenvalue weighted by atomic mass is 16.2. The zero-order valence-electron chi connectivity index (χ0n) is 13.1. The van der Waals surface area contributed by atoms with Gasteiger partial charge in [-0.05, 0) is 19.4 Å². The fraction of sp³-hybridized carbons (Fsp3) is 0.933. The van der Waals surface area contributed by atoms with Crippen LogP contribution in [0.1, 0.15) is 40.5 Å². The maximum atomic E-state index is 12.5. The Balaban J connectivity index is 2.55. The van der Waals surface area contributed by atoms with E-state index in [0.29, 0.717) is 11.8 Å². The third-order valence-electron chi connectivity index (χ3n) is 4.39. The molecule has 1 fully saturated rings. The maximum Gasteiger partial charge on any atom is 0.239 e. The molecule has 1 unspecified atom stereocenters. The molecule has 0 saturated carbocycles. The van der Waals surface area contributed by atoms with Crippen LogP contribution in [0.25, 0.3) is 0 Å². The van der Waals surface area contributed by atoms with Crippen molar-refractivity contribution in [2.75, 3.05) is 39.3 Å². The summed E-state index contributed by atoms with van der Waals surface area (Å²) in [6.45, 7) is 14.3. The molecule has 19 heavy (non-hydrogen) atoms. The molecule has 0 aliphatic carbocycles. The number of hydrogen-bond donors (Lipinski definition) is 1. The van der Waals surface area contributed by atoms with Gasteiger partial charge >= 0.3 is 0 Å². The average Bonchev–Trinajstić information content (AvgIpc) is 2.48. The quantitative estimate of drug-likeness (QED) is 0.762. The number of piperazine rings is 1. The van der Waals surface area contributed by atoms with E-state index in [9.17, 15) is 4.79 Å². The average molecular weight is 269 g/mol. The predicted octanol–water partition coefficient (Wildman–Crippen LogP) is 1.56. The van der Waals surface area contributed by atoms with Crippen LogP contribution in [0.15, 0.2) is 0 Å². The lowest BCUT2D eigenvalue weighted by Gasteiger charge is -2.35. The van der Waals surface area contributed by atoms with Gasteiger partial charge in [-0.2, -0.15) is 0 Å². The SMILES string of the molecule is CCC(CC)CN(CC)C(C)C(=O)N1CCNCC1. The summed E-state index contributed by atoms with van der Waals surface area (Å²) >= 11 is 0. The van der Waals surface area contributed by atoms with Crippen LogP contribution in [0.2, 0.25) is 0 Å². The minimum absolute atomic E-state index is 0.0173. The number of hydrogen-bond acceptors (Lipinski definition) is 3. The van der Waals surface area contributed by atoms with E-state index in [4.69, 9.17) is 0 Å². The first kappa shape index (κ1) is 16.4. The van der Waals surface area contributed by atoms with E-state index < -0.39 is 0 Å². The van der Waals surface area contributed by atoms with E-state index in [2.05, 4.69) is 37.9 Å². The Morgan fingerprint density at radius 3 is 2.26 bits per heavy atom. The van der Waals surface area contributed by atoms with E-state index in [1.165, 1.54) is 12.8 Å². The molecule has 0 spiro atoms. The Labute approximate surface area is 118 Å². The van der Waals surface area contributed by atoms with Crippen molar-refractivity contribution >= 4 is 5.91 Å². The normalized spacial score (nSPS) is 18.1. The van der Waals surface area contributed by atoms with Crippen molar-refractivity contribution in [3.8, 4) is 0 Å². The predicted molar refractivity (Wildman–Crippen MR) is 80.2 cm³/mol. The molecule has 4 nitrogen and oxygen atoms in total. The number of carbonyl (C=O) groups is 1. The Morgan fingerprint density at radius 2 is 1.79 bits per heavy atom. The Morgan fingerprint density at radius 1 is 1.21 bits per heavy atom. The van der Waals surface area contributed by atoms with Gasteiger partial charge in [0.15, 0.2) is 0 Å². The van der Waals surface area contributed by atoms with Gasteiger partial charge in [-0.1, -0.05) is 33.6 Å². The molecule has 1 amide bonds. The van der Waals surface area contributed by atoms with Crippen LogP contribution in [0.3, 0.4) is 0 Å². The highest BCUT2D eigenvalue weighted by molar-refractivity contribution is 5.81. The van der Waals surface area contributed by atoms with Crippen molar-refractivity contribution in [1.82, 2.24) is 15.1 Å². The van der Waals surface area contributed by atoms with Crippen LogP contribution < -0.4 is 5.32 Å². The fourth-order valence-corrected chi connectivity index (χ4v) is 2.75. The number of likely N-dealkylation sites (N-methyl/N-ethyl adjacent to an activating group) is 1. The molecule has 1 rings (SSSR count). The van der Waals surface area contributed by atoms with Crippen molar-refractivity contribution in [3.63, 3.8) is 0 Å². The molecular weight excluding hydrogens is 238 g/mol. The number of carbonyl (C=O) groups excluding carboxylic acids is 1. The lowest BCUT2D eigenvalue weighted by Crippen LogP contribution is -2.53. The molecule has 1 heterocycles. The Bertz CT molecular complexity index is 260. The minimum Gasteiger partial charge on any atom is -0.339 e. The van der Waals surface area contributed by atoms with Crippen LogP contribution >= 0.6 is 0 Å². The molecule has 112 valence electrons. The Hall–Kier alpha value is -0.610. The lowest BCUT2D eigenvalue weighted by molar-refractivity contribution is -0.137. The van der Waals surface area contributed by atoms with E-state index in [0.717, 1.165) is 39.3 Å². The molecule has 1 atom stereocenters. The number of nitrogens with zero attached hydrogens (tertiary/aromatic N) is 2. The molecular formula is C15H31N3O. The lowest BCUT2D eigenvalue weighted by atomic mass is 10.0. The van der Waals surface area contributed by atoms with Crippen LogP contribution in [0.4, 0.5) is 0 Å². The first-order valence-electron chi connectivity index (χ1n) is 7.87. The molecule has 0 aromatic rings. The molecule has 4 heteroatoms. The third kappa shape index (κ3) is 4.77. The molecule has 1 N–H and O–H groups in total. The van der Waals surface area contributed by atoms with Gasteiger partial charge in [-0.15, -0.1) is 0 Å². The summed E-state index contributed by atoms with van der Waals surface area (Å²) in [5.41, 5.74) is 0. The monoisotopic (exact) mass is 269 g/mol. The molecule has 1 aliphatic heterocycles. The van der Waals surface area contributed by atoms with Crippen molar-refractivity contribution in [1.29, 1.82) is 0 Å². The second-order valence-corrected chi connectivity index (χ2v) is 5.52. The van der Waals surface area contributed by atoms with Crippen LogP contribution in [0, 0.1) is 5.92 Å². The van der Waals surface area contributed by atoms with Crippen molar-refractivity contribution in [3.05, 3.63) is 0 Å². The largest absolute Gasteiger partial charge is 0.339 e. The molecule has 0 aromatic carbocycles. The Kier molecular flexibility index (Phi) is 7.39. The van der Waals surface area contributed by atoms with E-state index in [-0.39, 0.29) is 6.04 Å². The third-order valence-corrected chi connectivity index (χ3v) is 4.39. The smallest absolute Gasteiger partial charge is 0.239 e. The summed E-state index contributed by atoms with van der Waals surface area (Å²) in [5, 5.41) is 3.29. The molecule has 0 radical (unpaired) electrons. The molecule has 1 aliphatic rings. The number of amides is 1. The van der Waals surface area contributed by atoms with Crippen molar-refractivity contribution < 1.29 is 4.79 Å². The van der Waals surface area contributed by atoms with E-state index in [1.54, 1.807) is 0 Å². The standard InChI is InChI=1S/C15H31N3O/c1-5-14(6-2)12-17(7-3)13(4)15(19)18-10-8-16-9-11-18/h13-14,16H,5-12H2,1-4H3. The van der Waals surface area contributed by atoms with Gasteiger partial charge in [0.2, 0.25) is 5.91 Å². The zero-order valence-corrected chi connectivity index (χ0v) is 13.1. The first-order valence-corrected chi connectivity index (χ1v) is 7.87. The van der Waals surface area contributed by atoms with E-state index in [1.807, 2.05) is 4.90 Å². The van der Waals surface area contributed by atoms with Gasteiger partial charge in [-0.3, -0.25) is 9.69 Å². The van der Waals surface area contributed by atoms with E-state index >= 15 is 0 Å². The van der Waals surface area contributed by atoms with Crippen LogP contribution in [-0.2, 0) is 4.79 Å². The summed E-state index contributed by atoms with van der Waals surface area (Å²) in [6, 6.07) is 0.0173. The van der Waals surface area contributed by atoms with Gasteiger partial charge < -0.3 is 10.2 Å². The highest BCUT2D eigenvalue weighted by Crippen LogP contribution is 2.13. The summed E-state index contributed by atoms with van der Waals surface area (Å²) in [4.78, 5) is 16.9. The van der Waals surface area contributed by atoms with Crippen molar-refractivity contribution in [2.45, 2.75) is 46.6 Å². The highest BCUT2D eigenvalue weighted by Gasteiger charge is 2.26. The number of nitrogens with one attached hydrogen (secondary N) is 1. The van der Waals surface area contributed by atoms with Crippen LogP contribution in [-0.4, -0.2) is 61.0 Å². The topological polar surface area (TPSA) is 35.6 Å². The van der Waals surface area contributed by atoms with Gasteiger partial charge in [0.05, 0.1) is 6.04 Å². The molecule has 0 aromatic heterocycles. The van der Waals surface area contributed by atoms with Gasteiger partial charge in [0, 0.05) is 32.7 Å². The maximum absolute atomic E-state index is 12.5. The first-order chi connectivity index (χ1) is 9.13. The number of rotatable bonds is 7. The summed E-state index contributed by atoms with van der Waals surface area (Å²) < 4.78 is 0. The van der Waals surface area contributed by atoms with Gasteiger partial charge in [0.1, 0.15) is 0 Å². The van der Waals surface area contributed by atoms with Crippen LogP contribution in [0.5, 0.6) is 0 Å².